The summed E-state index contributed by atoms with van der Waals surface area (Å²) in [4.78, 5) is 9.23. The second kappa shape index (κ2) is 10.6. The lowest BCUT2D eigenvalue weighted by atomic mass is 9.84. The fourth-order valence-corrected chi connectivity index (χ4v) is 4.23. The molecule has 2 aromatic rings. The van der Waals surface area contributed by atoms with Gasteiger partial charge in [-0.3, -0.25) is 9.89 Å². The first kappa shape index (κ1) is 23.2. The van der Waals surface area contributed by atoms with Crippen molar-refractivity contribution in [3.63, 3.8) is 0 Å². The Morgan fingerprint density at radius 2 is 1.93 bits per heavy atom. The molecule has 6 nitrogen and oxygen atoms in total. The van der Waals surface area contributed by atoms with E-state index < -0.39 is 0 Å². The summed E-state index contributed by atoms with van der Waals surface area (Å²) in [6, 6.07) is 10.3. The number of guanidine groups is 1. The van der Waals surface area contributed by atoms with Gasteiger partial charge in [0.1, 0.15) is 6.26 Å². The van der Waals surface area contributed by atoms with Crippen LogP contribution in [-0.2, 0) is 12.0 Å². The van der Waals surface area contributed by atoms with Gasteiger partial charge in [0.15, 0.2) is 5.96 Å². The third kappa shape index (κ3) is 5.93. The fraction of sp³-hybridized carbons (Fsp3) is 0.500. The molecule has 0 saturated carbocycles. The molecule has 0 radical (unpaired) electrons. The number of nitrogens with zero attached hydrogens (tertiary/aromatic N) is 4. The van der Waals surface area contributed by atoms with Crippen LogP contribution in [0.25, 0.3) is 0 Å². The van der Waals surface area contributed by atoms with E-state index in [-0.39, 0.29) is 29.4 Å². The van der Waals surface area contributed by atoms with Gasteiger partial charge in [-0.05, 0) is 11.6 Å². The highest BCUT2D eigenvalue weighted by Gasteiger charge is 2.25. The van der Waals surface area contributed by atoms with E-state index in [1.165, 1.54) is 5.56 Å². The molecule has 3 rings (SSSR count). The summed E-state index contributed by atoms with van der Waals surface area (Å²) in [5.41, 5.74) is 2.27. The number of piperazine rings is 1. The highest BCUT2D eigenvalue weighted by atomic mass is 127. The number of rotatable bonds is 5. The standard InChI is InChI=1S/C20H28BrN5O.HI/c1-20(2,17-6-4-5-7-18(17)21)15-23-19(22-3)26-11-9-25(10-12-26)14-16-8-13-27-24-16;/h4-8,13H,9-12,14-15H2,1-3H3,(H,22,23);1H. The Morgan fingerprint density at radius 3 is 2.54 bits per heavy atom. The predicted molar refractivity (Wildman–Crippen MR) is 127 cm³/mol. The van der Waals surface area contributed by atoms with Crippen LogP contribution in [-0.4, -0.2) is 60.7 Å². The van der Waals surface area contributed by atoms with E-state index in [0.29, 0.717) is 0 Å². The van der Waals surface area contributed by atoms with Crippen LogP contribution in [0.2, 0.25) is 0 Å². The largest absolute Gasteiger partial charge is 0.364 e. The summed E-state index contributed by atoms with van der Waals surface area (Å²) in [6.45, 7) is 10.0. The Bertz CT molecular complexity index is 758. The Labute approximate surface area is 192 Å². The van der Waals surface area contributed by atoms with E-state index in [2.05, 4.69) is 79.3 Å². The second-order valence-electron chi connectivity index (χ2n) is 7.52. The summed E-state index contributed by atoms with van der Waals surface area (Å²) in [5.74, 6) is 0.969. The average Bonchev–Trinajstić information content (AvgIpc) is 3.17. The Balaban J connectivity index is 0.00000280. The molecule has 1 fully saturated rings. The summed E-state index contributed by atoms with van der Waals surface area (Å²) in [7, 11) is 1.86. The minimum atomic E-state index is -0.00912. The van der Waals surface area contributed by atoms with Gasteiger partial charge in [0.2, 0.25) is 0 Å². The molecule has 1 saturated heterocycles. The van der Waals surface area contributed by atoms with Gasteiger partial charge in [-0.15, -0.1) is 24.0 Å². The van der Waals surface area contributed by atoms with Gasteiger partial charge in [0, 0.05) is 62.3 Å². The average molecular weight is 562 g/mol. The highest BCUT2D eigenvalue weighted by Crippen LogP contribution is 2.29. The molecule has 0 amide bonds. The highest BCUT2D eigenvalue weighted by molar-refractivity contribution is 14.0. The number of hydrogen-bond acceptors (Lipinski definition) is 4. The molecule has 0 spiro atoms. The van der Waals surface area contributed by atoms with Crippen LogP contribution in [0.4, 0.5) is 0 Å². The smallest absolute Gasteiger partial charge is 0.193 e. The monoisotopic (exact) mass is 561 g/mol. The molecule has 1 aliphatic rings. The van der Waals surface area contributed by atoms with E-state index >= 15 is 0 Å². The van der Waals surface area contributed by atoms with E-state index in [1.807, 2.05) is 13.1 Å². The van der Waals surface area contributed by atoms with Crippen LogP contribution >= 0.6 is 39.9 Å². The minimum Gasteiger partial charge on any atom is -0.364 e. The molecule has 0 bridgehead atoms. The first-order valence-electron chi connectivity index (χ1n) is 9.32. The van der Waals surface area contributed by atoms with Gasteiger partial charge in [0.05, 0.1) is 5.69 Å². The van der Waals surface area contributed by atoms with E-state index in [1.54, 1.807) is 6.26 Å². The van der Waals surface area contributed by atoms with Crippen molar-refractivity contribution in [2.45, 2.75) is 25.8 Å². The van der Waals surface area contributed by atoms with Gasteiger partial charge < -0.3 is 14.7 Å². The number of hydrogen-bond donors (Lipinski definition) is 1. The molecule has 0 atom stereocenters. The zero-order valence-electron chi connectivity index (χ0n) is 16.7. The second-order valence-corrected chi connectivity index (χ2v) is 8.37. The zero-order valence-corrected chi connectivity index (χ0v) is 20.6. The van der Waals surface area contributed by atoms with Crippen molar-refractivity contribution < 1.29 is 4.52 Å². The van der Waals surface area contributed by atoms with Crippen molar-refractivity contribution in [1.29, 1.82) is 0 Å². The minimum absolute atomic E-state index is 0. The van der Waals surface area contributed by atoms with Crippen LogP contribution < -0.4 is 5.32 Å². The Kier molecular flexibility index (Phi) is 8.76. The number of halogens is 2. The molecule has 1 aliphatic heterocycles. The topological polar surface area (TPSA) is 56.9 Å². The SMILES string of the molecule is CN=C(NCC(C)(C)c1ccccc1Br)N1CCN(Cc2ccon2)CC1.I. The molecule has 28 heavy (non-hydrogen) atoms. The molecule has 0 unspecified atom stereocenters. The van der Waals surface area contributed by atoms with Crippen molar-refractivity contribution in [3.05, 3.63) is 52.3 Å². The Morgan fingerprint density at radius 1 is 1.21 bits per heavy atom. The maximum Gasteiger partial charge on any atom is 0.193 e. The van der Waals surface area contributed by atoms with Crippen molar-refractivity contribution in [3.8, 4) is 0 Å². The number of aliphatic imine (C=N–C) groups is 1. The zero-order chi connectivity index (χ0) is 19.3. The van der Waals surface area contributed by atoms with Crippen LogP contribution in [0.5, 0.6) is 0 Å². The van der Waals surface area contributed by atoms with Crippen molar-refractivity contribution >= 4 is 45.9 Å². The number of aromatic nitrogens is 1. The van der Waals surface area contributed by atoms with E-state index in [0.717, 1.165) is 55.4 Å². The van der Waals surface area contributed by atoms with Crippen molar-refractivity contribution in [1.82, 2.24) is 20.3 Å². The summed E-state index contributed by atoms with van der Waals surface area (Å²) in [5, 5.41) is 7.58. The fourth-order valence-electron chi connectivity index (χ4n) is 3.40. The van der Waals surface area contributed by atoms with Gasteiger partial charge in [-0.25, -0.2) is 0 Å². The van der Waals surface area contributed by atoms with Crippen molar-refractivity contribution in [2.75, 3.05) is 39.8 Å². The lowest BCUT2D eigenvalue weighted by Gasteiger charge is -2.37. The van der Waals surface area contributed by atoms with Gasteiger partial charge in [-0.1, -0.05) is 53.1 Å². The molecule has 8 heteroatoms. The molecule has 2 heterocycles. The van der Waals surface area contributed by atoms with Crippen LogP contribution in [0.15, 0.2) is 50.6 Å². The van der Waals surface area contributed by atoms with Gasteiger partial charge in [0.25, 0.3) is 0 Å². The Hall–Kier alpha value is -1.13. The maximum absolute atomic E-state index is 4.92. The molecule has 154 valence electrons. The first-order valence-corrected chi connectivity index (χ1v) is 10.1. The lowest BCUT2D eigenvalue weighted by molar-refractivity contribution is 0.168. The summed E-state index contributed by atoms with van der Waals surface area (Å²) >= 11 is 3.68. The van der Waals surface area contributed by atoms with Crippen molar-refractivity contribution in [2.24, 2.45) is 4.99 Å². The molecule has 1 aromatic carbocycles. The first-order chi connectivity index (χ1) is 13.0. The molecule has 1 N–H and O–H groups in total. The number of nitrogens with one attached hydrogen (secondary N) is 1. The summed E-state index contributed by atoms with van der Waals surface area (Å²) in [6.07, 6.45) is 1.63. The predicted octanol–water partition coefficient (Wildman–Crippen LogP) is 3.73. The van der Waals surface area contributed by atoms with Crippen LogP contribution in [0.3, 0.4) is 0 Å². The third-order valence-electron chi connectivity index (χ3n) is 5.05. The van der Waals surface area contributed by atoms with Crippen LogP contribution in [0.1, 0.15) is 25.1 Å². The molecular weight excluding hydrogens is 533 g/mol. The van der Waals surface area contributed by atoms with E-state index in [9.17, 15) is 0 Å². The lowest BCUT2D eigenvalue weighted by Crippen LogP contribution is -2.53. The molecule has 0 aliphatic carbocycles. The maximum atomic E-state index is 4.92. The van der Waals surface area contributed by atoms with E-state index in [4.69, 9.17) is 4.52 Å². The summed E-state index contributed by atoms with van der Waals surface area (Å²) < 4.78 is 6.07. The van der Waals surface area contributed by atoms with Gasteiger partial charge in [-0.2, -0.15) is 0 Å². The van der Waals surface area contributed by atoms with Gasteiger partial charge >= 0.3 is 0 Å². The molecule has 1 aromatic heterocycles. The normalized spacial score (nSPS) is 16.0. The quantitative estimate of drug-likeness (QED) is 0.342. The number of benzene rings is 1. The van der Waals surface area contributed by atoms with Crippen LogP contribution in [0, 0.1) is 0 Å². The third-order valence-corrected chi connectivity index (χ3v) is 5.74. The molecular formula is C20H29BrIN5O.